The van der Waals surface area contributed by atoms with Crippen LogP contribution in [0.3, 0.4) is 0 Å². The standard InChI is InChI=1S/C13H22N2O4/c1-8(5-12(17)18)4-11(16)14-13(19)15-6-9(2)10(3)7-15/h8-10H,4-7H2,1-3H3,(H,17,18)(H,14,16,19). The number of amides is 3. The molecule has 1 aliphatic rings. The van der Waals surface area contributed by atoms with Gasteiger partial charge in [0.1, 0.15) is 0 Å². The highest BCUT2D eigenvalue weighted by molar-refractivity contribution is 5.94. The molecule has 0 aromatic rings. The Morgan fingerprint density at radius 1 is 1.21 bits per heavy atom. The Kier molecular flexibility index (Phi) is 5.32. The molecule has 2 N–H and O–H groups in total. The fraction of sp³-hybridized carbons (Fsp3) is 0.769. The highest BCUT2D eigenvalue weighted by Gasteiger charge is 2.30. The van der Waals surface area contributed by atoms with Crippen molar-refractivity contribution in [1.29, 1.82) is 0 Å². The minimum atomic E-state index is -0.936. The Morgan fingerprint density at radius 3 is 2.21 bits per heavy atom. The number of carbonyl (C=O) groups is 3. The normalized spacial score (nSPS) is 24.1. The molecule has 6 heteroatoms. The van der Waals surface area contributed by atoms with Crippen LogP contribution in [0.2, 0.25) is 0 Å². The number of carboxylic acids is 1. The molecule has 3 atom stereocenters. The number of hydrogen-bond acceptors (Lipinski definition) is 3. The van der Waals surface area contributed by atoms with Crippen LogP contribution in [0.25, 0.3) is 0 Å². The molecule has 1 rings (SSSR count). The van der Waals surface area contributed by atoms with E-state index in [1.165, 1.54) is 0 Å². The second kappa shape index (κ2) is 6.54. The maximum Gasteiger partial charge on any atom is 0.324 e. The number of hydrogen-bond donors (Lipinski definition) is 2. The minimum Gasteiger partial charge on any atom is -0.481 e. The third kappa shape index (κ3) is 4.89. The van der Waals surface area contributed by atoms with Crippen LogP contribution in [0, 0.1) is 17.8 Å². The molecule has 108 valence electrons. The number of imide groups is 1. The summed E-state index contributed by atoms with van der Waals surface area (Å²) in [5.41, 5.74) is 0. The number of carboxylic acid groups (broad SMARTS) is 1. The van der Waals surface area contributed by atoms with Crippen LogP contribution in [0.4, 0.5) is 4.79 Å². The molecular formula is C13H22N2O4. The van der Waals surface area contributed by atoms with Crippen molar-refractivity contribution in [2.24, 2.45) is 17.8 Å². The maximum absolute atomic E-state index is 11.8. The van der Waals surface area contributed by atoms with E-state index in [0.717, 1.165) is 0 Å². The molecule has 0 saturated carbocycles. The van der Waals surface area contributed by atoms with Gasteiger partial charge in [0.15, 0.2) is 0 Å². The zero-order valence-corrected chi connectivity index (χ0v) is 11.7. The third-order valence-corrected chi connectivity index (χ3v) is 3.58. The van der Waals surface area contributed by atoms with Crippen LogP contribution in [-0.2, 0) is 9.59 Å². The van der Waals surface area contributed by atoms with Crippen molar-refractivity contribution in [2.75, 3.05) is 13.1 Å². The quantitative estimate of drug-likeness (QED) is 0.806. The smallest absolute Gasteiger partial charge is 0.324 e. The van der Waals surface area contributed by atoms with Gasteiger partial charge in [0, 0.05) is 25.9 Å². The largest absolute Gasteiger partial charge is 0.481 e. The lowest BCUT2D eigenvalue weighted by Crippen LogP contribution is -2.42. The lowest BCUT2D eigenvalue weighted by Gasteiger charge is -2.17. The monoisotopic (exact) mass is 270 g/mol. The Hall–Kier alpha value is -1.59. The molecule has 0 radical (unpaired) electrons. The average Bonchev–Trinajstić information content (AvgIpc) is 2.57. The van der Waals surface area contributed by atoms with Crippen LogP contribution in [-0.4, -0.2) is 41.0 Å². The SMILES string of the molecule is CC(CC(=O)O)CC(=O)NC(=O)N1CC(C)C(C)C1. The average molecular weight is 270 g/mol. The van der Waals surface area contributed by atoms with Crippen LogP contribution in [0.5, 0.6) is 0 Å². The molecular weight excluding hydrogens is 248 g/mol. The highest BCUT2D eigenvalue weighted by Crippen LogP contribution is 2.21. The summed E-state index contributed by atoms with van der Waals surface area (Å²) in [4.78, 5) is 35.6. The zero-order chi connectivity index (χ0) is 14.6. The first kappa shape index (κ1) is 15.5. The van der Waals surface area contributed by atoms with Crippen molar-refractivity contribution in [1.82, 2.24) is 10.2 Å². The van der Waals surface area contributed by atoms with Gasteiger partial charge in [0.2, 0.25) is 5.91 Å². The zero-order valence-electron chi connectivity index (χ0n) is 11.7. The van der Waals surface area contributed by atoms with E-state index >= 15 is 0 Å². The first-order valence-electron chi connectivity index (χ1n) is 6.60. The van der Waals surface area contributed by atoms with Crippen LogP contribution in [0.15, 0.2) is 0 Å². The van der Waals surface area contributed by atoms with Gasteiger partial charge in [-0.2, -0.15) is 0 Å². The molecule has 1 aliphatic heterocycles. The van der Waals surface area contributed by atoms with Crippen molar-refractivity contribution < 1.29 is 19.5 Å². The van der Waals surface area contributed by atoms with E-state index in [1.54, 1.807) is 11.8 Å². The van der Waals surface area contributed by atoms with Crippen LogP contribution < -0.4 is 5.32 Å². The number of likely N-dealkylation sites (tertiary alicyclic amines) is 1. The van der Waals surface area contributed by atoms with Gasteiger partial charge in [-0.15, -0.1) is 0 Å². The molecule has 0 bridgehead atoms. The first-order valence-corrected chi connectivity index (χ1v) is 6.60. The summed E-state index contributed by atoms with van der Waals surface area (Å²) in [6, 6.07) is -0.372. The van der Waals surface area contributed by atoms with Gasteiger partial charge in [0.05, 0.1) is 0 Å². The summed E-state index contributed by atoms with van der Waals surface area (Å²) in [7, 11) is 0. The van der Waals surface area contributed by atoms with Gasteiger partial charge >= 0.3 is 12.0 Å². The van der Waals surface area contributed by atoms with Crippen LogP contribution >= 0.6 is 0 Å². The predicted molar refractivity (Wildman–Crippen MR) is 69.5 cm³/mol. The van der Waals surface area contributed by atoms with Crippen molar-refractivity contribution >= 4 is 17.9 Å². The van der Waals surface area contributed by atoms with Gasteiger partial charge in [-0.05, 0) is 17.8 Å². The number of nitrogens with one attached hydrogen (secondary N) is 1. The Balaban J connectivity index is 2.36. The molecule has 0 aliphatic carbocycles. The van der Waals surface area contributed by atoms with Gasteiger partial charge in [0.25, 0.3) is 0 Å². The summed E-state index contributed by atoms with van der Waals surface area (Å²) in [6.45, 7) is 7.15. The summed E-state index contributed by atoms with van der Waals surface area (Å²) >= 11 is 0. The van der Waals surface area contributed by atoms with Gasteiger partial charge < -0.3 is 10.0 Å². The molecule has 1 saturated heterocycles. The molecule has 0 aromatic heterocycles. The lowest BCUT2D eigenvalue weighted by molar-refractivity contribution is -0.138. The van der Waals surface area contributed by atoms with Gasteiger partial charge in [-0.3, -0.25) is 14.9 Å². The van der Waals surface area contributed by atoms with Crippen LogP contribution in [0.1, 0.15) is 33.6 Å². The number of rotatable bonds is 4. The second-order valence-corrected chi connectivity index (χ2v) is 5.62. The predicted octanol–water partition coefficient (Wildman–Crippen LogP) is 1.31. The molecule has 19 heavy (non-hydrogen) atoms. The van der Waals surface area contributed by atoms with E-state index in [0.29, 0.717) is 24.9 Å². The van der Waals surface area contributed by atoms with E-state index in [-0.39, 0.29) is 24.8 Å². The van der Waals surface area contributed by atoms with E-state index in [4.69, 9.17) is 5.11 Å². The molecule has 3 unspecified atom stereocenters. The van der Waals surface area contributed by atoms with Gasteiger partial charge in [-0.1, -0.05) is 20.8 Å². The van der Waals surface area contributed by atoms with Crippen molar-refractivity contribution in [2.45, 2.75) is 33.6 Å². The highest BCUT2D eigenvalue weighted by atomic mass is 16.4. The molecule has 6 nitrogen and oxygen atoms in total. The summed E-state index contributed by atoms with van der Waals surface area (Å²) < 4.78 is 0. The summed E-state index contributed by atoms with van der Waals surface area (Å²) in [6.07, 6.45) is -0.0175. The maximum atomic E-state index is 11.8. The number of nitrogens with zero attached hydrogens (tertiary/aromatic N) is 1. The van der Waals surface area contributed by atoms with Crippen molar-refractivity contribution in [3.8, 4) is 0 Å². The Morgan fingerprint density at radius 2 is 1.74 bits per heavy atom. The minimum absolute atomic E-state index is 0.0526. The topological polar surface area (TPSA) is 86.7 Å². The summed E-state index contributed by atoms with van der Waals surface area (Å²) in [5.74, 6) is -0.750. The van der Waals surface area contributed by atoms with Crippen molar-refractivity contribution in [3.63, 3.8) is 0 Å². The first-order chi connectivity index (χ1) is 8.79. The fourth-order valence-corrected chi connectivity index (χ4v) is 2.23. The van der Waals surface area contributed by atoms with E-state index in [9.17, 15) is 14.4 Å². The van der Waals surface area contributed by atoms with E-state index in [1.807, 2.05) is 0 Å². The molecule has 0 aromatic carbocycles. The van der Waals surface area contributed by atoms with E-state index < -0.39 is 11.9 Å². The lowest BCUT2D eigenvalue weighted by atomic mass is 10.0. The third-order valence-electron chi connectivity index (χ3n) is 3.58. The van der Waals surface area contributed by atoms with Crippen molar-refractivity contribution in [3.05, 3.63) is 0 Å². The number of aliphatic carboxylic acids is 1. The molecule has 0 spiro atoms. The van der Waals surface area contributed by atoms with E-state index in [2.05, 4.69) is 19.2 Å². The Labute approximate surface area is 113 Å². The number of urea groups is 1. The second-order valence-electron chi connectivity index (χ2n) is 5.62. The van der Waals surface area contributed by atoms with Gasteiger partial charge in [-0.25, -0.2) is 4.79 Å². The molecule has 3 amide bonds. The Bertz CT molecular complexity index is 360. The fourth-order valence-electron chi connectivity index (χ4n) is 2.23. The molecule has 1 heterocycles. The number of carbonyl (C=O) groups excluding carboxylic acids is 2. The molecule has 1 fully saturated rings. The summed E-state index contributed by atoms with van der Waals surface area (Å²) in [5, 5.41) is 10.9.